The number of amides is 1. The summed E-state index contributed by atoms with van der Waals surface area (Å²) in [4.78, 5) is 32.8. The Kier molecular flexibility index (Phi) is 6.16. The number of rotatable bonds is 4. The van der Waals surface area contributed by atoms with Crippen LogP contribution in [0.5, 0.6) is 0 Å². The normalized spacial score (nSPS) is 16.8. The van der Waals surface area contributed by atoms with E-state index >= 15 is 0 Å². The van der Waals surface area contributed by atoms with Crippen LogP contribution in [-0.2, 0) is 4.79 Å². The Morgan fingerprint density at radius 1 is 1.23 bits per heavy atom. The van der Waals surface area contributed by atoms with Gasteiger partial charge in [0.25, 0.3) is 5.56 Å². The van der Waals surface area contributed by atoms with E-state index < -0.39 is 0 Å². The molecule has 0 bridgehead atoms. The second-order valence-electron chi connectivity index (χ2n) is 7.81. The maximum Gasteiger partial charge on any atom is 0.266 e. The molecule has 1 aromatic heterocycles. The van der Waals surface area contributed by atoms with Crippen LogP contribution in [0.15, 0.2) is 52.4 Å². The molecular weight excluding hydrogens is 418 g/mol. The van der Waals surface area contributed by atoms with Crippen molar-refractivity contribution in [2.75, 3.05) is 18.8 Å². The van der Waals surface area contributed by atoms with E-state index in [-0.39, 0.29) is 17.2 Å². The molecule has 0 aliphatic carbocycles. The highest BCUT2D eigenvalue weighted by atomic mass is 35.5. The summed E-state index contributed by atoms with van der Waals surface area (Å²) in [7, 11) is 0. The zero-order valence-electron chi connectivity index (χ0n) is 17.1. The van der Waals surface area contributed by atoms with Gasteiger partial charge in [-0.3, -0.25) is 14.2 Å². The Hall–Kier alpha value is -2.31. The Balaban J connectivity index is 1.74. The lowest BCUT2D eigenvalue weighted by Crippen LogP contribution is -2.40. The number of fused-ring (bicyclic) bond motifs is 1. The molecule has 7 heteroatoms. The molecule has 4 rings (SSSR count). The summed E-state index contributed by atoms with van der Waals surface area (Å²) < 4.78 is 1.58. The number of carbonyl (C=O) groups is 1. The second-order valence-corrected chi connectivity index (χ2v) is 9.16. The molecule has 1 unspecified atom stereocenters. The first-order valence-corrected chi connectivity index (χ1v) is 11.5. The van der Waals surface area contributed by atoms with Crippen molar-refractivity contribution in [3.63, 3.8) is 0 Å². The molecule has 2 aromatic carbocycles. The van der Waals surface area contributed by atoms with Crippen molar-refractivity contribution in [3.8, 4) is 5.69 Å². The number of thioether (sulfide) groups is 1. The van der Waals surface area contributed by atoms with Gasteiger partial charge in [0.2, 0.25) is 5.91 Å². The van der Waals surface area contributed by atoms with Gasteiger partial charge < -0.3 is 4.90 Å². The van der Waals surface area contributed by atoms with E-state index in [2.05, 4.69) is 6.92 Å². The summed E-state index contributed by atoms with van der Waals surface area (Å²) in [5.74, 6) is 0.860. The van der Waals surface area contributed by atoms with Crippen molar-refractivity contribution < 1.29 is 4.79 Å². The minimum Gasteiger partial charge on any atom is -0.342 e. The number of halogens is 1. The number of hydrogen-bond donors (Lipinski definition) is 0. The van der Waals surface area contributed by atoms with Gasteiger partial charge in [0.15, 0.2) is 5.16 Å². The van der Waals surface area contributed by atoms with Gasteiger partial charge in [-0.2, -0.15) is 0 Å². The standard InChI is InChI=1S/C23H24ClN3O2S/c1-15-7-6-12-26(13-15)21(28)14-30-23-25-19-10-4-3-8-17(19)22(29)27(23)20-11-5-9-18(24)16(20)2/h3-5,8-11,15H,6-7,12-14H2,1-2H3. The number of aromatic nitrogens is 2. The van der Waals surface area contributed by atoms with E-state index in [0.717, 1.165) is 31.5 Å². The number of likely N-dealkylation sites (tertiary alicyclic amines) is 1. The lowest BCUT2D eigenvalue weighted by atomic mass is 10.0. The first-order chi connectivity index (χ1) is 14.5. The Morgan fingerprint density at radius 2 is 2.03 bits per heavy atom. The van der Waals surface area contributed by atoms with Gasteiger partial charge in [0.1, 0.15) is 0 Å². The Bertz CT molecular complexity index is 1160. The fourth-order valence-electron chi connectivity index (χ4n) is 3.89. The van der Waals surface area contributed by atoms with Crippen molar-refractivity contribution in [1.82, 2.24) is 14.5 Å². The van der Waals surface area contributed by atoms with Crippen molar-refractivity contribution in [3.05, 3.63) is 63.4 Å². The predicted molar refractivity (Wildman–Crippen MR) is 123 cm³/mol. The maximum absolute atomic E-state index is 13.4. The topological polar surface area (TPSA) is 55.2 Å². The molecule has 1 aliphatic heterocycles. The van der Waals surface area contributed by atoms with Crippen molar-refractivity contribution in [1.29, 1.82) is 0 Å². The lowest BCUT2D eigenvalue weighted by Gasteiger charge is -2.30. The smallest absolute Gasteiger partial charge is 0.266 e. The molecule has 0 saturated carbocycles. The van der Waals surface area contributed by atoms with Crippen LogP contribution in [0.2, 0.25) is 5.02 Å². The molecule has 2 heterocycles. The van der Waals surface area contributed by atoms with Crippen LogP contribution >= 0.6 is 23.4 Å². The number of piperidine rings is 1. The van der Waals surface area contributed by atoms with E-state index in [1.54, 1.807) is 16.7 Å². The third-order valence-corrected chi connectivity index (χ3v) is 6.89. The van der Waals surface area contributed by atoms with Crippen molar-refractivity contribution in [2.45, 2.75) is 31.8 Å². The molecule has 30 heavy (non-hydrogen) atoms. The quantitative estimate of drug-likeness (QED) is 0.435. The van der Waals surface area contributed by atoms with E-state index in [4.69, 9.17) is 16.6 Å². The van der Waals surface area contributed by atoms with Crippen molar-refractivity contribution >= 4 is 40.2 Å². The van der Waals surface area contributed by atoms with E-state index in [9.17, 15) is 9.59 Å². The van der Waals surface area contributed by atoms with E-state index in [0.29, 0.717) is 32.7 Å². The van der Waals surface area contributed by atoms with Crippen LogP contribution in [0.3, 0.4) is 0 Å². The highest BCUT2D eigenvalue weighted by Gasteiger charge is 2.22. The molecule has 3 aromatic rings. The van der Waals surface area contributed by atoms with E-state index in [1.165, 1.54) is 11.8 Å². The van der Waals surface area contributed by atoms with Crippen LogP contribution < -0.4 is 5.56 Å². The first-order valence-electron chi connectivity index (χ1n) is 10.1. The van der Waals surface area contributed by atoms with Crippen LogP contribution in [0.1, 0.15) is 25.3 Å². The number of hydrogen-bond acceptors (Lipinski definition) is 4. The largest absolute Gasteiger partial charge is 0.342 e. The van der Waals surface area contributed by atoms with Crippen LogP contribution in [0.25, 0.3) is 16.6 Å². The highest BCUT2D eigenvalue weighted by Crippen LogP contribution is 2.27. The summed E-state index contributed by atoms with van der Waals surface area (Å²) in [6.07, 6.45) is 2.20. The first kappa shape index (κ1) is 20.9. The fraction of sp³-hybridized carbons (Fsp3) is 0.348. The highest BCUT2D eigenvalue weighted by molar-refractivity contribution is 7.99. The summed E-state index contributed by atoms with van der Waals surface area (Å²) in [5, 5.41) is 1.63. The monoisotopic (exact) mass is 441 g/mol. The van der Waals surface area contributed by atoms with Crippen LogP contribution in [-0.4, -0.2) is 39.2 Å². The predicted octanol–water partition coefficient (Wildman–Crippen LogP) is 4.70. The van der Waals surface area contributed by atoms with Gasteiger partial charge >= 0.3 is 0 Å². The Labute approximate surface area is 185 Å². The molecular formula is C23H24ClN3O2S. The molecule has 0 N–H and O–H groups in total. The molecule has 5 nitrogen and oxygen atoms in total. The molecule has 1 saturated heterocycles. The number of benzene rings is 2. The minimum absolute atomic E-state index is 0.0864. The zero-order chi connectivity index (χ0) is 21.3. The van der Waals surface area contributed by atoms with Gasteiger partial charge in [-0.05, 0) is 55.5 Å². The van der Waals surface area contributed by atoms with E-state index in [1.807, 2.05) is 42.2 Å². The molecule has 0 radical (unpaired) electrons. The fourth-order valence-corrected chi connectivity index (χ4v) is 4.97. The third kappa shape index (κ3) is 4.12. The molecule has 156 valence electrons. The molecule has 0 spiro atoms. The summed E-state index contributed by atoms with van der Waals surface area (Å²) in [6, 6.07) is 12.8. The van der Waals surface area contributed by atoms with Gasteiger partial charge in [-0.25, -0.2) is 4.98 Å². The van der Waals surface area contributed by atoms with Gasteiger partial charge in [-0.15, -0.1) is 0 Å². The number of carbonyl (C=O) groups excluding carboxylic acids is 1. The summed E-state index contributed by atoms with van der Waals surface area (Å²) >= 11 is 7.63. The van der Waals surface area contributed by atoms with Gasteiger partial charge in [0.05, 0.1) is 22.3 Å². The molecule has 1 aliphatic rings. The maximum atomic E-state index is 13.4. The summed E-state index contributed by atoms with van der Waals surface area (Å²) in [5.41, 5.74) is 1.95. The number of para-hydroxylation sites is 1. The second kappa shape index (κ2) is 8.82. The van der Waals surface area contributed by atoms with Gasteiger partial charge in [-0.1, -0.05) is 48.5 Å². The average Bonchev–Trinajstić information content (AvgIpc) is 2.74. The lowest BCUT2D eigenvalue weighted by molar-refractivity contribution is -0.130. The number of nitrogens with zero attached hydrogens (tertiary/aromatic N) is 3. The zero-order valence-corrected chi connectivity index (χ0v) is 18.7. The molecule has 1 amide bonds. The van der Waals surface area contributed by atoms with Crippen molar-refractivity contribution in [2.24, 2.45) is 5.92 Å². The molecule has 1 fully saturated rings. The SMILES string of the molecule is Cc1c(Cl)cccc1-n1c(SCC(=O)N2CCCC(C)C2)nc2ccccc2c1=O. The molecule has 1 atom stereocenters. The average molecular weight is 442 g/mol. The third-order valence-electron chi connectivity index (χ3n) is 5.56. The van der Waals surface area contributed by atoms with Gasteiger partial charge in [0, 0.05) is 18.1 Å². The minimum atomic E-state index is -0.160. The van der Waals surface area contributed by atoms with Crippen LogP contribution in [0.4, 0.5) is 0 Å². The van der Waals surface area contributed by atoms with Crippen LogP contribution in [0, 0.1) is 12.8 Å². The summed E-state index contributed by atoms with van der Waals surface area (Å²) in [6.45, 7) is 5.66. The Morgan fingerprint density at radius 3 is 2.83 bits per heavy atom.